The molecule has 178 valence electrons. The smallest absolute Gasteiger partial charge is 0.251 e. The number of pyridine rings is 1. The van der Waals surface area contributed by atoms with Crippen molar-refractivity contribution in [2.45, 2.75) is 56.5 Å². The van der Waals surface area contributed by atoms with Crippen LogP contribution in [0.15, 0.2) is 41.4 Å². The highest BCUT2D eigenvalue weighted by molar-refractivity contribution is 7.89. The molecule has 3 heterocycles. The average molecular weight is 473 g/mol. The van der Waals surface area contributed by atoms with Crippen molar-refractivity contribution in [2.75, 3.05) is 31.6 Å². The first kappa shape index (κ1) is 23.5. The third-order valence-corrected chi connectivity index (χ3v) is 8.48. The minimum absolute atomic E-state index is 0.0339. The lowest BCUT2D eigenvalue weighted by Crippen LogP contribution is -2.42. The van der Waals surface area contributed by atoms with Gasteiger partial charge in [-0.1, -0.05) is 6.42 Å². The SMILES string of the molecule is COc1ccc(C(=O)NCc2ccnc(N3CCCC3)c2)cc1S(=O)(=O)N1CCCCC1C. The minimum Gasteiger partial charge on any atom is -0.495 e. The predicted molar refractivity (Wildman–Crippen MR) is 127 cm³/mol. The van der Waals surface area contributed by atoms with Crippen LogP contribution in [-0.4, -0.2) is 56.4 Å². The van der Waals surface area contributed by atoms with Crippen LogP contribution >= 0.6 is 0 Å². The molecule has 1 aromatic carbocycles. The second kappa shape index (κ2) is 10.1. The third kappa shape index (κ3) is 5.14. The number of amides is 1. The second-order valence-electron chi connectivity index (χ2n) is 8.73. The summed E-state index contributed by atoms with van der Waals surface area (Å²) >= 11 is 0. The number of ether oxygens (including phenoxy) is 1. The molecule has 2 saturated heterocycles. The van der Waals surface area contributed by atoms with E-state index in [4.69, 9.17) is 4.74 Å². The molecule has 1 amide bonds. The number of hydrogen-bond acceptors (Lipinski definition) is 6. The highest BCUT2D eigenvalue weighted by Gasteiger charge is 2.33. The van der Waals surface area contributed by atoms with Gasteiger partial charge in [-0.2, -0.15) is 4.31 Å². The first-order valence-corrected chi connectivity index (χ1v) is 13.0. The summed E-state index contributed by atoms with van der Waals surface area (Å²) in [6.07, 6.45) is 6.77. The Kier molecular flexibility index (Phi) is 7.19. The summed E-state index contributed by atoms with van der Waals surface area (Å²) in [5.74, 6) is 0.835. The van der Waals surface area contributed by atoms with E-state index in [1.807, 2.05) is 19.1 Å². The second-order valence-corrected chi connectivity index (χ2v) is 10.6. The van der Waals surface area contributed by atoms with E-state index in [1.54, 1.807) is 18.3 Å². The summed E-state index contributed by atoms with van der Waals surface area (Å²) in [5.41, 5.74) is 1.23. The van der Waals surface area contributed by atoms with Crippen molar-refractivity contribution in [3.8, 4) is 5.75 Å². The van der Waals surface area contributed by atoms with Crippen LogP contribution in [0.25, 0.3) is 0 Å². The van der Waals surface area contributed by atoms with Gasteiger partial charge >= 0.3 is 0 Å². The molecule has 0 saturated carbocycles. The van der Waals surface area contributed by atoms with Gasteiger partial charge in [-0.25, -0.2) is 13.4 Å². The van der Waals surface area contributed by atoms with Crippen LogP contribution in [0.5, 0.6) is 5.75 Å². The maximum atomic E-state index is 13.4. The number of methoxy groups -OCH3 is 1. The summed E-state index contributed by atoms with van der Waals surface area (Å²) in [6, 6.07) is 8.35. The quantitative estimate of drug-likeness (QED) is 0.666. The zero-order chi connectivity index (χ0) is 23.4. The first-order chi connectivity index (χ1) is 15.9. The van der Waals surface area contributed by atoms with Crippen molar-refractivity contribution < 1.29 is 17.9 Å². The molecule has 0 aliphatic carbocycles. The highest BCUT2D eigenvalue weighted by Crippen LogP contribution is 2.31. The zero-order valence-corrected chi connectivity index (χ0v) is 20.1. The Morgan fingerprint density at radius 1 is 1.12 bits per heavy atom. The number of nitrogens with zero attached hydrogens (tertiary/aromatic N) is 3. The van der Waals surface area contributed by atoms with Crippen molar-refractivity contribution in [3.63, 3.8) is 0 Å². The molecule has 0 radical (unpaired) electrons. The van der Waals surface area contributed by atoms with Crippen LogP contribution in [-0.2, 0) is 16.6 Å². The molecule has 1 unspecified atom stereocenters. The van der Waals surface area contributed by atoms with Gasteiger partial charge in [0.1, 0.15) is 16.5 Å². The van der Waals surface area contributed by atoms with E-state index >= 15 is 0 Å². The highest BCUT2D eigenvalue weighted by atomic mass is 32.2. The topological polar surface area (TPSA) is 91.8 Å². The Balaban J connectivity index is 1.51. The lowest BCUT2D eigenvalue weighted by molar-refractivity contribution is 0.0950. The fourth-order valence-corrected chi connectivity index (χ4v) is 6.43. The van der Waals surface area contributed by atoms with E-state index in [0.29, 0.717) is 13.1 Å². The normalized spacial score (nSPS) is 19.5. The number of aromatic nitrogens is 1. The van der Waals surface area contributed by atoms with Crippen LogP contribution in [0.1, 0.15) is 54.9 Å². The van der Waals surface area contributed by atoms with Gasteiger partial charge in [-0.3, -0.25) is 4.79 Å². The van der Waals surface area contributed by atoms with Crippen molar-refractivity contribution in [3.05, 3.63) is 47.7 Å². The molecular formula is C24H32N4O4S. The predicted octanol–water partition coefficient (Wildman–Crippen LogP) is 3.18. The standard InChI is InChI=1S/C24H32N4O4S/c1-18-7-3-4-14-28(18)33(30,31)22-16-20(8-9-21(22)32-2)24(29)26-17-19-10-11-25-23(15-19)27-12-5-6-13-27/h8-11,15-16,18H,3-7,12-14,17H2,1-2H3,(H,26,29). The Hall–Kier alpha value is -2.65. The number of nitrogens with one attached hydrogen (secondary N) is 1. The molecule has 2 fully saturated rings. The number of sulfonamides is 1. The Morgan fingerprint density at radius 3 is 2.61 bits per heavy atom. The van der Waals surface area contributed by atoms with E-state index in [9.17, 15) is 13.2 Å². The van der Waals surface area contributed by atoms with E-state index in [0.717, 1.165) is 43.7 Å². The van der Waals surface area contributed by atoms with E-state index in [-0.39, 0.29) is 28.2 Å². The summed E-state index contributed by atoms with van der Waals surface area (Å²) in [6.45, 7) is 4.73. The lowest BCUT2D eigenvalue weighted by atomic mass is 10.1. The van der Waals surface area contributed by atoms with Gasteiger partial charge in [0.15, 0.2) is 0 Å². The van der Waals surface area contributed by atoms with Crippen LogP contribution in [0, 0.1) is 0 Å². The summed E-state index contributed by atoms with van der Waals surface area (Å²) in [5, 5.41) is 2.90. The maximum Gasteiger partial charge on any atom is 0.251 e. The summed E-state index contributed by atoms with van der Waals surface area (Å²) in [7, 11) is -2.34. The number of carbonyl (C=O) groups excluding carboxylic acids is 1. The van der Waals surface area contributed by atoms with Crippen molar-refractivity contribution in [2.24, 2.45) is 0 Å². The number of benzene rings is 1. The van der Waals surface area contributed by atoms with Crippen molar-refractivity contribution >= 4 is 21.7 Å². The fourth-order valence-electron chi connectivity index (χ4n) is 4.55. The monoisotopic (exact) mass is 472 g/mol. The Morgan fingerprint density at radius 2 is 1.88 bits per heavy atom. The summed E-state index contributed by atoms with van der Waals surface area (Å²) < 4.78 is 33.7. The molecule has 2 aromatic rings. The molecule has 9 heteroatoms. The molecule has 1 aromatic heterocycles. The van der Waals surface area contributed by atoms with Crippen LogP contribution in [0.4, 0.5) is 5.82 Å². The van der Waals surface area contributed by atoms with Crippen molar-refractivity contribution in [1.82, 2.24) is 14.6 Å². The van der Waals surface area contributed by atoms with E-state index in [1.165, 1.54) is 30.3 Å². The number of anilines is 1. The molecule has 33 heavy (non-hydrogen) atoms. The van der Waals surface area contributed by atoms with E-state index < -0.39 is 10.0 Å². The molecule has 2 aliphatic heterocycles. The molecule has 2 aliphatic rings. The number of rotatable bonds is 7. The maximum absolute atomic E-state index is 13.4. The molecule has 0 spiro atoms. The largest absolute Gasteiger partial charge is 0.495 e. The molecule has 1 atom stereocenters. The van der Waals surface area contributed by atoms with Gasteiger partial charge < -0.3 is 15.0 Å². The van der Waals surface area contributed by atoms with Gasteiger partial charge in [0.25, 0.3) is 5.91 Å². The summed E-state index contributed by atoms with van der Waals surface area (Å²) in [4.78, 5) is 19.6. The number of carbonyl (C=O) groups is 1. The molecule has 4 rings (SSSR count). The van der Waals surface area contributed by atoms with Crippen LogP contribution in [0.2, 0.25) is 0 Å². The van der Waals surface area contributed by atoms with Crippen LogP contribution < -0.4 is 15.0 Å². The van der Waals surface area contributed by atoms with Gasteiger partial charge in [-0.05, 0) is 68.5 Å². The molecule has 0 bridgehead atoms. The number of hydrogen-bond donors (Lipinski definition) is 1. The molecule has 8 nitrogen and oxygen atoms in total. The molecular weight excluding hydrogens is 440 g/mol. The van der Waals surface area contributed by atoms with Crippen molar-refractivity contribution in [1.29, 1.82) is 0 Å². The average Bonchev–Trinajstić information content (AvgIpc) is 3.37. The molecule has 1 N–H and O–H groups in total. The third-order valence-electron chi connectivity index (χ3n) is 6.45. The first-order valence-electron chi connectivity index (χ1n) is 11.6. The van der Waals surface area contributed by atoms with Crippen LogP contribution in [0.3, 0.4) is 0 Å². The Labute approximate surface area is 196 Å². The van der Waals surface area contributed by atoms with Gasteiger partial charge in [0.2, 0.25) is 10.0 Å². The van der Waals surface area contributed by atoms with Gasteiger partial charge in [0.05, 0.1) is 7.11 Å². The minimum atomic E-state index is -3.78. The van der Waals surface area contributed by atoms with Gasteiger partial charge in [-0.15, -0.1) is 0 Å². The number of piperidine rings is 1. The Bertz CT molecular complexity index is 1100. The van der Waals surface area contributed by atoms with E-state index in [2.05, 4.69) is 15.2 Å². The fraction of sp³-hybridized carbons (Fsp3) is 0.500. The van der Waals surface area contributed by atoms with Gasteiger partial charge in [0, 0.05) is 44.0 Å². The lowest BCUT2D eigenvalue weighted by Gasteiger charge is -2.32. The zero-order valence-electron chi connectivity index (χ0n) is 19.3.